The SMILES string of the molecule is CNS(=O)(=O)c1cc(C(=O)N2CCCCC[C@@H]2CC(C)C)co1. The minimum absolute atomic E-state index is 0.140. The minimum atomic E-state index is -3.67. The van der Waals surface area contributed by atoms with Crippen LogP contribution in [0.1, 0.15) is 56.3 Å². The average Bonchev–Trinajstić information content (AvgIpc) is 2.89. The fourth-order valence-electron chi connectivity index (χ4n) is 3.07. The molecule has 2 rings (SSSR count). The molecule has 130 valence electrons. The Hall–Kier alpha value is -1.34. The summed E-state index contributed by atoms with van der Waals surface area (Å²) in [5.74, 6) is 0.372. The second-order valence-corrected chi connectivity index (χ2v) is 8.31. The predicted molar refractivity (Wildman–Crippen MR) is 87.7 cm³/mol. The van der Waals surface area contributed by atoms with E-state index in [2.05, 4.69) is 18.6 Å². The monoisotopic (exact) mass is 342 g/mol. The molecule has 1 atom stereocenters. The standard InChI is InChI=1S/C16H26N2O4S/c1-12(2)9-14-7-5-4-6-8-18(14)16(19)13-10-15(22-11-13)23(20,21)17-3/h10-12,14,17H,4-9H2,1-3H3/t14-/m1/s1. The zero-order chi connectivity index (χ0) is 17.0. The van der Waals surface area contributed by atoms with Crippen LogP contribution in [0.25, 0.3) is 0 Å². The molecular formula is C16H26N2O4S. The predicted octanol–water partition coefficient (Wildman–Crippen LogP) is 2.62. The second-order valence-electron chi connectivity index (χ2n) is 6.49. The van der Waals surface area contributed by atoms with Gasteiger partial charge in [0.25, 0.3) is 15.9 Å². The lowest BCUT2D eigenvalue weighted by molar-refractivity contribution is 0.0660. The Bertz CT molecular complexity index is 636. The van der Waals surface area contributed by atoms with Crippen LogP contribution >= 0.6 is 0 Å². The van der Waals surface area contributed by atoms with Gasteiger partial charge in [0.2, 0.25) is 5.09 Å². The lowest BCUT2D eigenvalue weighted by Crippen LogP contribution is -2.40. The third-order valence-corrected chi connectivity index (χ3v) is 5.52. The summed E-state index contributed by atoms with van der Waals surface area (Å²) in [6.45, 7) is 5.03. The molecule has 1 aliphatic heterocycles. The molecule has 0 saturated carbocycles. The van der Waals surface area contributed by atoms with Gasteiger partial charge in [-0.25, -0.2) is 13.1 Å². The quantitative estimate of drug-likeness (QED) is 0.892. The van der Waals surface area contributed by atoms with Crippen molar-refractivity contribution >= 4 is 15.9 Å². The Morgan fingerprint density at radius 3 is 2.78 bits per heavy atom. The Morgan fingerprint density at radius 1 is 1.39 bits per heavy atom. The smallest absolute Gasteiger partial charge is 0.273 e. The highest BCUT2D eigenvalue weighted by molar-refractivity contribution is 7.89. The van der Waals surface area contributed by atoms with Crippen molar-refractivity contribution in [3.63, 3.8) is 0 Å². The lowest BCUT2D eigenvalue weighted by Gasteiger charge is -2.31. The highest BCUT2D eigenvalue weighted by atomic mass is 32.2. The van der Waals surface area contributed by atoms with E-state index >= 15 is 0 Å². The molecule has 7 heteroatoms. The van der Waals surface area contributed by atoms with Gasteiger partial charge in [0.1, 0.15) is 6.26 Å². The van der Waals surface area contributed by atoms with Crippen LogP contribution in [-0.4, -0.2) is 38.9 Å². The van der Waals surface area contributed by atoms with Crippen molar-refractivity contribution in [1.82, 2.24) is 9.62 Å². The second kappa shape index (κ2) is 7.49. The molecule has 0 aliphatic carbocycles. The zero-order valence-corrected chi connectivity index (χ0v) is 14.9. The number of sulfonamides is 1. The van der Waals surface area contributed by atoms with Crippen LogP contribution in [0.3, 0.4) is 0 Å². The molecule has 6 nitrogen and oxygen atoms in total. The first-order valence-corrected chi connectivity index (χ1v) is 9.66. The van der Waals surface area contributed by atoms with Crippen molar-refractivity contribution < 1.29 is 17.6 Å². The maximum atomic E-state index is 12.8. The number of hydrogen-bond donors (Lipinski definition) is 1. The van der Waals surface area contributed by atoms with E-state index in [-0.39, 0.29) is 17.0 Å². The van der Waals surface area contributed by atoms with Crippen LogP contribution in [0.5, 0.6) is 0 Å². The van der Waals surface area contributed by atoms with Gasteiger partial charge < -0.3 is 9.32 Å². The molecule has 1 amide bonds. The Morgan fingerprint density at radius 2 is 2.13 bits per heavy atom. The van der Waals surface area contributed by atoms with E-state index in [1.807, 2.05) is 4.90 Å². The third-order valence-electron chi connectivity index (χ3n) is 4.24. The van der Waals surface area contributed by atoms with Crippen molar-refractivity contribution in [2.75, 3.05) is 13.6 Å². The molecule has 2 heterocycles. The molecule has 0 radical (unpaired) electrons. The summed E-state index contributed by atoms with van der Waals surface area (Å²) < 4.78 is 30.8. The number of rotatable bonds is 5. The fraction of sp³-hybridized carbons (Fsp3) is 0.688. The van der Waals surface area contributed by atoms with Gasteiger partial charge in [-0.1, -0.05) is 26.7 Å². The molecule has 0 spiro atoms. The van der Waals surface area contributed by atoms with Crippen LogP contribution < -0.4 is 4.72 Å². The summed E-state index contributed by atoms with van der Waals surface area (Å²) >= 11 is 0. The summed E-state index contributed by atoms with van der Waals surface area (Å²) in [6, 6.07) is 1.52. The van der Waals surface area contributed by atoms with E-state index in [4.69, 9.17) is 4.42 Å². The number of carbonyl (C=O) groups excluding carboxylic acids is 1. The minimum Gasteiger partial charge on any atom is -0.451 e. The van der Waals surface area contributed by atoms with Gasteiger partial charge in [-0.2, -0.15) is 0 Å². The molecular weight excluding hydrogens is 316 g/mol. The van der Waals surface area contributed by atoms with Gasteiger partial charge in [0, 0.05) is 18.7 Å². The van der Waals surface area contributed by atoms with Gasteiger partial charge in [0.15, 0.2) is 0 Å². The van der Waals surface area contributed by atoms with Crippen molar-refractivity contribution in [2.24, 2.45) is 5.92 Å². The van der Waals surface area contributed by atoms with E-state index < -0.39 is 10.0 Å². The first-order chi connectivity index (χ1) is 10.8. The molecule has 1 N–H and O–H groups in total. The average molecular weight is 342 g/mol. The van der Waals surface area contributed by atoms with Crippen LogP contribution in [0, 0.1) is 5.92 Å². The van der Waals surface area contributed by atoms with Crippen molar-refractivity contribution in [3.05, 3.63) is 17.9 Å². The number of nitrogens with zero attached hydrogens (tertiary/aromatic N) is 1. The molecule has 0 unspecified atom stereocenters. The molecule has 23 heavy (non-hydrogen) atoms. The van der Waals surface area contributed by atoms with Gasteiger partial charge in [-0.3, -0.25) is 4.79 Å². The van der Waals surface area contributed by atoms with Gasteiger partial charge in [-0.05, 0) is 32.2 Å². The number of carbonyl (C=O) groups is 1. The summed E-state index contributed by atoms with van der Waals surface area (Å²) in [7, 11) is -2.36. The van der Waals surface area contributed by atoms with Crippen LogP contribution in [0.4, 0.5) is 0 Å². The van der Waals surface area contributed by atoms with Crippen LogP contribution in [-0.2, 0) is 10.0 Å². The summed E-state index contributed by atoms with van der Waals surface area (Å²) in [6.07, 6.45) is 6.45. The number of nitrogens with one attached hydrogen (secondary N) is 1. The van der Waals surface area contributed by atoms with Gasteiger partial charge in [0.05, 0.1) is 5.56 Å². The number of likely N-dealkylation sites (tertiary alicyclic amines) is 1. The number of furan rings is 1. The Labute approximate surface area is 138 Å². The summed E-state index contributed by atoms with van der Waals surface area (Å²) in [4.78, 5) is 14.7. The van der Waals surface area contributed by atoms with Crippen molar-refractivity contribution in [2.45, 2.75) is 57.1 Å². The highest BCUT2D eigenvalue weighted by Gasteiger charge is 2.29. The number of amides is 1. The zero-order valence-electron chi connectivity index (χ0n) is 14.0. The van der Waals surface area contributed by atoms with Gasteiger partial charge in [-0.15, -0.1) is 0 Å². The van der Waals surface area contributed by atoms with E-state index in [1.54, 1.807) is 0 Å². The molecule has 1 saturated heterocycles. The molecule has 1 fully saturated rings. The fourth-order valence-corrected chi connectivity index (χ4v) is 3.73. The topological polar surface area (TPSA) is 79.6 Å². The van der Waals surface area contributed by atoms with Crippen LogP contribution in [0.2, 0.25) is 0 Å². The lowest BCUT2D eigenvalue weighted by atomic mass is 9.98. The third kappa shape index (κ3) is 4.35. The maximum absolute atomic E-state index is 12.8. The number of hydrogen-bond acceptors (Lipinski definition) is 4. The van der Waals surface area contributed by atoms with Crippen molar-refractivity contribution in [1.29, 1.82) is 0 Å². The van der Waals surface area contributed by atoms with Crippen LogP contribution in [0.15, 0.2) is 21.8 Å². The largest absolute Gasteiger partial charge is 0.451 e. The molecule has 1 aromatic rings. The highest BCUT2D eigenvalue weighted by Crippen LogP contribution is 2.25. The van der Waals surface area contributed by atoms with E-state index in [0.717, 1.165) is 38.6 Å². The summed E-state index contributed by atoms with van der Waals surface area (Å²) in [5.41, 5.74) is 0.300. The normalized spacial score (nSPS) is 19.8. The first kappa shape index (κ1) is 18.0. The summed E-state index contributed by atoms with van der Waals surface area (Å²) in [5, 5.41) is -0.224. The van der Waals surface area contributed by atoms with Crippen molar-refractivity contribution in [3.8, 4) is 0 Å². The van der Waals surface area contributed by atoms with E-state index in [1.165, 1.54) is 19.4 Å². The first-order valence-electron chi connectivity index (χ1n) is 8.18. The Kier molecular flexibility index (Phi) is 5.86. The molecule has 0 aromatic carbocycles. The van der Waals surface area contributed by atoms with Gasteiger partial charge >= 0.3 is 0 Å². The van der Waals surface area contributed by atoms with E-state index in [9.17, 15) is 13.2 Å². The molecule has 1 aromatic heterocycles. The van der Waals surface area contributed by atoms with E-state index in [0.29, 0.717) is 11.5 Å². The molecule has 1 aliphatic rings. The maximum Gasteiger partial charge on any atom is 0.273 e. The Balaban J connectivity index is 2.22. The molecule has 0 bridgehead atoms.